The summed E-state index contributed by atoms with van der Waals surface area (Å²) >= 11 is 0. The van der Waals surface area contributed by atoms with Crippen molar-refractivity contribution in [1.82, 2.24) is 0 Å². The lowest BCUT2D eigenvalue weighted by molar-refractivity contribution is 1.05. The van der Waals surface area contributed by atoms with Crippen LogP contribution in [0.4, 0.5) is 5.69 Å². The van der Waals surface area contributed by atoms with Gasteiger partial charge in [0.1, 0.15) is 0 Å². The molecule has 0 saturated carbocycles. The van der Waals surface area contributed by atoms with Crippen LogP contribution >= 0.6 is 0 Å². The molecule has 0 saturated heterocycles. The summed E-state index contributed by atoms with van der Waals surface area (Å²) in [5.74, 6) is 0. The Morgan fingerprint density at radius 2 is 1.72 bits per heavy atom. The summed E-state index contributed by atoms with van der Waals surface area (Å²) in [6, 6.07) is 14.7. The maximum atomic E-state index is 5.65. The zero-order valence-corrected chi connectivity index (χ0v) is 11.0. The highest BCUT2D eigenvalue weighted by molar-refractivity contribution is 5.53. The average Bonchev–Trinajstić information content (AvgIpc) is 2.41. The third kappa shape index (κ3) is 2.90. The van der Waals surface area contributed by atoms with Crippen molar-refractivity contribution in [3.8, 4) is 0 Å². The molecule has 0 amide bonds. The molecule has 0 unspecified atom stereocenters. The van der Waals surface area contributed by atoms with Gasteiger partial charge in [-0.3, -0.25) is 0 Å². The fourth-order valence-corrected chi connectivity index (χ4v) is 2.01. The molecule has 2 heteroatoms. The molecule has 94 valence electrons. The van der Waals surface area contributed by atoms with Gasteiger partial charge in [-0.15, -0.1) is 0 Å². The van der Waals surface area contributed by atoms with Crippen molar-refractivity contribution < 1.29 is 0 Å². The van der Waals surface area contributed by atoms with Gasteiger partial charge in [-0.25, -0.2) is 0 Å². The van der Waals surface area contributed by atoms with Crippen LogP contribution in [0.2, 0.25) is 0 Å². The van der Waals surface area contributed by atoms with E-state index in [2.05, 4.69) is 61.6 Å². The first-order chi connectivity index (χ1) is 8.70. The van der Waals surface area contributed by atoms with E-state index in [0.717, 1.165) is 6.54 Å². The van der Waals surface area contributed by atoms with Gasteiger partial charge in [-0.05, 0) is 42.2 Å². The van der Waals surface area contributed by atoms with Gasteiger partial charge in [0, 0.05) is 18.8 Å². The summed E-state index contributed by atoms with van der Waals surface area (Å²) < 4.78 is 0. The van der Waals surface area contributed by atoms with Gasteiger partial charge in [0.25, 0.3) is 0 Å². The zero-order chi connectivity index (χ0) is 13.0. The summed E-state index contributed by atoms with van der Waals surface area (Å²) in [6.07, 6.45) is 0. The third-order valence-corrected chi connectivity index (χ3v) is 3.31. The maximum Gasteiger partial charge on any atom is 0.0400 e. The average molecular weight is 240 g/mol. The lowest BCUT2D eigenvalue weighted by Gasteiger charge is -2.12. The van der Waals surface area contributed by atoms with E-state index in [4.69, 9.17) is 5.73 Å². The van der Waals surface area contributed by atoms with Gasteiger partial charge in [-0.1, -0.05) is 36.4 Å². The van der Waals surface area contributed by atoms with Gasteiger partial charge in [0.05, 0.1) is 0 Å². The second-order valence-electron chi connectivity index (χ2n) is 4.63. The van der Waals surface area contributed by atoms with Crippen molar-refractivity contribution in [1.29, 1.82) is 0 Å². The first kappa shape index (κ1) is 12.7. The Balaban J connectivity index is 2.09. The molecule has 0 radical (unpaired) electrons. The van der Waals surface area contributed by atoms with E-state index in [9.17, 15) is 0 Å². The first-order valence-corrected chi connectivity index (χ1v) is 6.28. The summed E-state index contributed by atoms with van der Waals surface area (Å²) in [5.41, 5.74) is 11.9. The smallest absolute Gasteiger partial charge is 0.0400 e. The lowest BCUT2D eigenvalue weighted by Crippen LogP contribution is -2.03. The molecule has 2 rings (SSSR count). The van der Waals surface area contributed by atoms with Crippen LogP contribution in [0.3, 0.4) is 0 Å². The van der Waals surface area contributed by atoms with Crippen LogP contribution in [0, 0.1) is 13.8 Å². The first-order valence-electron chi connectivity index (χ1n) is 6.28. The molecule has 0 atom stereocenters. The van der Waals surface area contributed by atoms with E-state index >= 15 is 0 Å². The molecular weight excluding hydrogens is 220 g/mol. The van der Waals surface area contributed by atoms with Gasteiger partial charge >= 0.3 is 0 Å². The highest BCUT2D eigenvalue weighted by Gasteiger charge is 2.00. The molecule has 0 fully saturated rings. The van der Waals surface area contributed by atoms with E-state index in [1.54, 1.807) is 0 Å². The molecular formula is C16H20N2. The fourth-order valence-electron chi connectivity index (χ4n) is 2.01. The SMILES string of the molecule is Cc1cccc(NCc2cccc(CN)c2)c1C. The largest absolute Gasteiger partial charge is 0.381 e. The van der Waals surface area contributed by atoms with Crippen molar-refractivity contribution in [2.24, 2.45) is 5.73 Å². The Hall–Kier alpha value is -1.80. The van der Waals surface area contributed by atoms with E-state index in [0.29, 0.717) is 6.54 Å². The minimum atomic E-state index is 0.595. The van der Waals surface area contributed by atoms with E-state index in [-0.39, 0.29) is 0 Å². The summed E-state index contributed by atoms with van der Waals surface area (Å²) in [4.78, 5) is 0. The minimum Gasteiger partial charge on any atom is -0.381 e. The van der Waals surface area contributed by atoms with Crippen LogP contribution in [0.25, 0.3) is 0 Å². The minimum absolute atomic E-state index is 0.595. The molecule has 0 spiro atoms. The fraction of sp³-hybridized carbons (Fsp3) is 0.250. The predicted octanol–water partition coefficient (Wildman–Crippen LogP) is 3.37. The lowest BCUT2D eigenvalue weighted by atomic mass is 10.1. The molecule has 0 bridgehead atoms. The Bertz CT molecular complexity index is 532. The number of hydrogen-bond donors (Lipinski definition) is 2. The van der Waals surface area contributed by atoms with Crippen molar-refractivity contribution in [2.75, 3.05) is 5.32 Å². The van der Waals surface area contributed by atoms with Crippen molar-refractivity contribution in [3.63, 3.8) is 0 Å². The summed E-state index contributed by atoms with van der Waals surface area (Å²) in [5, 5.41) is 3.48. The van der Waals surface area contributed by atoms with E-state index in [1.165, 1.54) is 27.9 Å². The third-order valence-electron chi connectivity index (χ3n) is 3.31. The van der Waals surface area contributed by atoms with Crippen molar-refractivity contribution in [2.45, 2.75) is 26.9 Å². The maximum absolute atomic E-state index is 5.65. The number of aryl methyl sites for hydroxylation is 1. The second-order valence-corrected chi connectivity index (χ2v) is 4.63. The van der Waals surface area contributed by atoms with E-state index in [1.807, 2.05) is 0 Å². The topological polar surface area (TPSA) is 38.0 Å². The van der Waals surface area contributed by atoms with Gasteiger partial charge < -0.3 is 11.1 Å². The van der Waals surface area contributed by atoms with Crippen molar-refractivity contribution >= 4 is 5.69 Å². The molecule has 0 aliphatic carbocycles. The number of hydrogen-bond acceptors (Lipinski definition) is 2. The predicted molar refractivity (Wildman–Crippen MR) is 77.6 cm³/mol. The summed E-state index contributed by atoms with van der Waals surface area (Å²) in [6.45, 7) is 5.71. The van der Waals surface area contributed by atoms with Crippen LogP contribution in [0.15, 0.2) is 42.5 Å². The Kier molecular flexibility index (Phi) is 4.00. The molecule has 2 nitrogen and oxygen atoms in total. The Labute approximate surface area is 109 Å². The van der Waals surface area contributed by atoms with Crippen LogP contribution in [-0.2, 0) is 13.1 Å². The standard InChI is InChI=1S/C16H20N2/c1-12-5-3-8-16(13(12)2)18-11-15-7-4-6-14(9-15)10-17/h3-9,18H,10-11,17H2,1-2H3. The highest BCUT2D eigenvalue weighted by atomic mass is 14.9. The second kappa shape index (κ2) is 5.69. The monoisotopic (exact) mass is 240 g/mol. The van der Waals surface area contributed by atoms with Crippen molar-refractivity contribution in [3.05, 3.63) is 64.7 Å². The van der Waals surface area contributed by atoms with Gasteiger partial charge in [-0.2, -0.15) is 0 Å². The van der Waals surface area contributed by atoms with Gasteiger partial charge in [0.15, 0.2) is 0 Å². The molecule has 2 aromatic rings. The van der Waals surface area contributed by atoms with Crippen LogP contribution < -0.4 is 11.1 Å². The molecule has 0 aliphatic rings. The Morgan fingerprint density at radius 3 is 2.50 bits per heavy atom. The molecule has 3 N–H and O–H groups in total. The zero-order valence-electron chi connectivity index (χ0n) is 11.0. The van der Waals surface area contributed by atoms with E-state index < -0.39 is 0 Å². The van der Waals surface area contributed by atoms with Crippen LogP contribution in [0.5, 0.6) is 0 Å². The number of nitrogens with one attached hydrogen (secondary N) is 1. The number of benzene rings is 2. The number of nitrogens with two attached hydrogens (primary N) is 1. The quantitative estimate of drug-likeness (QED) is 0.860. The van der Waals surface area contributed by atoms with Gasteiger partial charge in [0.2, 0.25) is 0 Å². The molecule has 0 heterocycles. The number of anilines is 1. The highest BCUT2D eigenvalue weighted by Crippen LogP contribution is 2.18. The molecule has 0 aliphatic heterocycles. The molecule has 2 aromatic carbocycles. The normalized spacial score (nSPS) is 10.4. The molecule has 18 heavy (non-hydrogen) atoms. The molecule has 0 aromatic heterocycles. The van der Waals surface area contributed by atoms with Crippen LogP contribution in [0.1, 0.15) is 22.3 Å². The number of rotatable bonds is 4. The summed E-state index contributed by atoms with van der Waals surface area (Å²) in [7, 11) is 0. The van der Waals surface area contributed by atoms with Crippen LogP contribution in [-0.4, -0.2) is 0 Å². The Morgan fingerprint density at radius 1 is 1.00 bits per heavy atom.